The van der Waals surface area contributed by atoms with E-state index in [0.717, 1.165) is 17.7 Å². The molecule has 2 aromatic rings. The van der Waals surface area contributed by atoms with Gasteiger partial charge < -0.3 is 19.7 Å². The Morgan fingerprint density at radius 1 is 1.18 bits per heavy atom. The summed E-state index contributed by atoms with van der Waals surface area (Å²) in [5.74, 6) is 0.956. The SMILES string of the molecule is CC(C)Nc1nccc(N(CCC/C(=N/C(=O)OC(C)(C)C)C(=O)N(C)C)C(=O)c2ccc3c(c2)CCO3)n1. The number of anilines is 2. The molecule has 210 valence electrons. The molecule has 0 fully saturated rings. The molecule has 0 radical (unpaired) electrons. The summed E-state index contributed by atoms with van der Waals surface area (Å²) in [6.45, 7) is 9.94. The summed E-state index contributed by atoms with van der Waals surface area (Å²) < 4.78 is 10.9. The number of hydrogen-bond acceptors (Lipinski definition) is 8. The Labute approximate surface area is 229 Å². The van der Waals surface area contributed by atoms with Crippen molar-refractivity contribution in [2.24, 2.45) is 4.99 Å². The average molecular weight is 539 g/mol. The fourth-order valence-corrected chi connectivity index (χ4v) is 3.89. The van der Waals surface area contributed by atoms with E-state index in [0.29, 0.717) is 30.4 Å². The Bertz CT molecular complexity index is 1240. The Balaban J connectivity index is 1.87. The number of nitrogens with zero attached hydrogens (tertiary/aromatic N) is 5. The maximum absolute atomic E-state index is 13.8. The van der Waals surface area contributed by atoms with E-state index < -0.39 is 17.6 Å². The van der Waals surface area contributed by atoms with E-state index >= 15 is 0 Å². The zero-order valence-electron chi connectivity index (χ0n) is 23.8. The summed E-state index contributed by atoms with van der Waals surface area (Å²) in [4.78, 5) is 54.5. The van der Waals surface area contributed by atoms with Crippen molar-refractivity contribution in [2.45, 2.75) is 65.5 Å². The molecule has 0 saturated heterocycles. The maximum atomic E-state index is 13.8. The van der Waals surface area contributed by atoms with E-state index in [-0.39, 0.29) is 30.6 Å². The smallest absolute Gasteiger partial charge is 0.434 e. The van der Waals surface area contributed by atoms with Gasteiger partial charge in [0.05, 0.1) is 6.61 Å². The van der Waals surface area contributed by atoms with Gasteiger partial charge in [-0.3, -0.25) is 14.5 Å². The largest absolute Gasteiger partial charge is 0.493 e. The molecule has 0 spiro atoms. The van der Waals surface area contributed by atoms with Crippen molar-refractivity contribution in [2.75, 3.05) is 37.5 Å². The van der Waals surface area contributed by atoms with Crippen LogP contribution in [-0.2, 0) is 16.0 Å². The minimum atomic E-state index is -0.832. The lowest BCUT2D eigenvalue weighted by Crippen LogP contribution is -2.35. The highest BCUT2D eigenvalue weighted by Crippen LogP contribution is 2.27. The third kappa shape index (κ3) is 8.49. The van der Waals surface area contributed by atoms with Crippen molar-refractivity contribution >= 4 is 35.4 Å². The summed E-state index contributed by atoms with van der Waals surface area (Å²) >= 11 is 0. The van der Waals surface area contributed by atoms with Crippen molar-refractivity contribution in [1.82, 2.24) is 14.9 Å². The van der Waals surface area contributed by atoms with Crippen LogP contribution in [-0.4, -0.2) is 77.4 Å². The van der Waals surface area contributed by atoms with Gasteiger partial charge in [0.25, 0.3) is 11.8 Å². The first kappa shape index (κ1) is 29.5. The topological polar surface area (TPSA) is 126 Å². The molecule has 1 N–H and O–H groups in total. The van der Waals surface area contributed by atoms with Crippen LogP contribution in [0, 0.1) is 0 Å². The van der Waals surface area contributed by atoms with Crippen LogP contribution in [0.1, 0.15) is 63.4 Å². The zero-order valence-corrected chi connectivity index (χ0v) is 23.8. The second-order valence-corrected chi connectivity index (χ2v) is 10.8. The van der Waals surface area contributed by atoms with Gasteiger partial charge in [0, 0.05) is 44.9 Å². The highest BCUT2D eigenvalue weighted by Gasteiger charge is 2.24. The first-order chi connectivity index (χ1) is 18.3. The number of benzene rings is 1. The molecule has 2 heterocycles. The van der Waals surface area contributed by atoms with E-state index in [4.69, 9.17) is 9.47 Å². The Hall–Kier alpha value is -4.02. The standard InChI is InChI=1S/C28H38N6O5/c1-18(2)30-26-29-14-12-23(32-26)34(24(35)20-10-11-22-19(17-20)13-16-38-22)15-8-9-21(25(36)33(6)7)31-27(37)39-28(3,4)5/h10-12,14,17-18H,8-9,13,15-16H2,1-7H3,(H,29,30,32)/b31-21-. The normalized spacial score (nSPS) is 13.0. The molecule has 0 bridgehead atoms. The predicted molar refractivity (Wildman–Crippen MR) is 150 cm³/mol. The molecule has 0 aliphatic carbocycles. The predicted octanol–water partition coefficient (Wildman–Crippen LogP) is 4.12. The number of nitrogens with one attached hydrogen (secondary N) is 1. The second-order valence-electron chi connectivity index (χ2n) is 10.8. The van der Waals surface area contributed by atoms with Crippen LogP contribution in [0.4, 0.5) is 16.6 Å². The van der Waals surface area contributed by atoms with Gasteiger partial charge in [0.1, 0.15) is 22.9 Å². The molecule has 3 amide bonds. The molecule has 11 nitrogen and oxygen atoms in total. The summed E-state index contributed by atoms with van der Waals surface area (Å²) in [6.07, 6.45) is 2.00. The minimum absolute atomic E-state index is 0.0566. The quantitative estimate of drug-likeness (QED) is 0.473. The minimum Gasteiger partial charge on any atom is -0.493 e. The van der Waals surface area contributed by atoms with Gasteiger partial charge in [0.2, 0.25) is 5.95 Å². The lowest BCUT2D eigenvalue weighted by molar-refractivity contribution is -0.121. The van der Waals surface area contributed by atoms with Crippen LogP contribution < -0.4 is 15.0 Å². The number of aromatic nitrogens is 2. The van der Waals surface area contributed by atoms with Gasteiger partial charge in [-0.25, -0.2) is 9.78 Å². The number of amides is 3. The fraction of sp³-hybridized carbons (Fsp3) is 0.500. The van der Waals surface area contributed by atoms with Gasteiger partial charge in [-0.1, -0.05) is 0 Å². The molecule has 1 aliphatic rings. The number of ether oxygens (including phenoxy) is 2. The van der Waals surface area contributed by atoms with Gasteiger partial charge >= 0.3 is 6.09 Å². The Kier molecular flexibility index (Phi) is 9.61. The molecule has 3 rings (SSSR count). The number of carbonyl (C=O) groups excluding carboxylic acids is 3. The van der Waals surface area contributed by atoms with E-state index in [1.165, 1.54) is 4.90 Å². The van der Waals surface area contributed by atoms with Crippen LogP contribution in [0.15, 0.2) is 35.5 Å². The van der Waals surface area contributed by atoms with E-state index in [9.17, 15) is 14.4 Å². The Morgan fingerprint density at radius 3 is 2.59 bits per heavy atom. The summed E-state index contributed by atoms with van der Waals surface area (Å²) in [5, 5.41) is 3.16. The third-order valence-corrected chi connectivity index (χ3v) is 5.58. The van der Waals surface area contributed by atoms with Crippen molar-refractivity contribution in [3.05, 3.63) is 41.6 Å². The molecular weight excluding hydrogens is 500 g/mol. The summed E-state index contributed by atoms with van der Waals surface area (Å²) in [6, 6.07) is 7.15. The first-order valence-electron chi connectivity index (χ1n) is 13.0. The molecule has 0 unspecified atom stereocenters. The van der Waals surface area contributed by atoms with Gasteiger partial charge in [-0.2, -0.15) is 9.98 Å². The van der Waals surface area contributed by atoms with Crippen LogP contribution in [0.2, 0.25) is 0 Å². The zero-order chi connectivity index (χ0) is 28.7. The van der Waals surface area contributed by atoms with Gasteiger partial charge in [-0.15, -0.1) is 0 Å². The maximum Gasteiger partial charge on any atom is 0.434 e. The molecule has 0 atom stereocenters. The lowest BCUT2D eigenvalue weighted by Gasteiger charge is -2.23. The number of aliphatic imine (C=N–C) groups is 1. The number of rotatable bonds is 9. The number of fused-ring (bicyclic) bond motifs is 1. The molecule has 39 heavy (non-hydrogen) atoms. The summed E-state index contributed by atoms with van der Waals surface area (Å²) in [7, 11) is 3.18. The van der Waals surface area contributed by atoms with Crippen molar-refractivity contribution in [1.29, 1.82) is 0 Å². The van der Waals surface area contributed by atoms with Crippen LogP contribution in [0.5, 0.6) is 5.75 Å². The van der Waals surface area contributed by atoms with Crippen LogP contribution in [0.25, 0.3) is 0 Å². The van der Waals surface area contributed by atoms with Gasteiger partial charge in [0.15, 0.2) is 0 Å². The van der Waals surface area contributed by atoms with Crippen LogP contribution in [0.3, 0.4) is 0 Å². The van der Waals surface area contributed by atoms with E-state index in [2.05, 4.69) is 20.3 Å². The van der Waals surface area contributed by atoms with Gasteiger partial charge in [-0.05, 0) is 77.3 Å². The summed E-state index contributed by atoms with van der Waals surface area (Å²) in [5.41, 5.74) is 0.796. The lowest BCUT2D eigenvalue weighted by atomic mass is 10.1. The molecular formula is C28H38N6O5. The third-order valence-electron chi connectivity index (χ3n) is 5.58. The highest BCUT2D eigenvalue weighted by molar-refractivity contribution is 6.40. The van der Waals surface area contributed by atoms with Crippen molar-refractivity contribution in [3.8, 4) is 5.75 Å². The fourth-order valence-electron chi connectivity index (χ4n) is 3.89. The average Bonchev–Trinajstić information content (AvgIpc) is 3.31. The molecule has 1 aromatic heterocycles. The number of hydrogen-bond donors (Lipinski definition) is 1. The number of carbonyl (C=O) groups is 3. The monoisotopic (exact) mass is 538 g/mol. The van der Waals surface area contributed by atoms with Crippen LogP contribution >= 0.6 is 0 Å². The molecule has 1 aromatic carbocycles. The van der Waals surface area contributed by atoms with Crippen molar-refractivity contribution in [3.63, 3.8) is 0 Å². The first-order valence-corrected chi connectivity index (χ1v) is 13.0. The Morgan fingerprint density at radius 2 is 1.92 bits per heavy atom. The second kappa shape index (κ2) is 12.7. The highest BCUT2D eigenvalue weighted by atomic mass is 16.6. The molecule has 11 heteroatoms. The molecule has 1 aliphatic heterocycles. The molecule has 0 saturated carbocycles. The van der Waals surface area contributed by atoms with Crippen molar-refractivity contribution < 1.29 is 23.9 Å². The van der Waals surface area contributed by atoms with E-state index in [1.807, 2.05) is 19.9 Å². The van der Waals surface area contributed by atoms with E-state index in [1.54, 1.807) is 64.2 Å².